The van der Waals surface area contributed by atoms with E-state index in [0.29, 0.717) is 23.4 Å². The first-order valence-corrected chi connectivity index (χ1v) is 12.7. The van der Waals surface area contributed by atoms with E-state index >= 15 is 0 Å². The van der Waals surface area contributed by atoms with Crippen molar-refractivity contribution in [3.05, 3.63) is 77.4 Å². The molecule has 0 radical (unpaired) electrons. The third kappa shape index (κ3) is 5.60. The second-order valence-electron chi connectivity index (χ2n) is 9.16. The van der Waals surface area contributed by atoms with Gasteiger partial charge < -0.3 is 25.4 Å². The molecule has 0 unspecified atom stereocenters. The van der Waals surface area contributed by atoms with Gasteiger partial charge >= 0.3 is 0 Å². The molecule has 0 spiro atoms. The molecular weight excluding hydrogens is 468 g/mol. The predicted octanol–water partition coefficient (Wildman–Crippen LogP) is 3.99. The van der Waals surface area contributed by atoms with Crippen LogP contribution in [0.2, 0.25) is 0 Å². The quantitative estimate of drug-likeness (QED) is 0.385. The molecule has 2 heterocycles. The molecule has 0 aromatic heterocycles. The molecule has 2 amide bonds. The van der Waals surface area contributed by atoms with Crippen LogP contribution in [0.5, 0.6) is 5.75 Å². The lowest BCUT2D eigenvalue weighted by Gasteiger charge is -2.26. The van der Waals surface area contributed by atoms with Crippen molar-refractivity contribution < 1.29 is 19.1 Å². The molecule has 3 aromatic rings. The van der Waals surface area contributed by atoms with E-state index in [0.717, 1.165) is 73.9 Å². The van der Waals surface area contributed by atoms with E-state index < -0.39 is 0 Å². The molecule has 2 aliphatic rings. The Hall–Kier alpha value is -3.88. The molecule has 3 N–H and O–H groups in total. The van der Waals surface area contributed by atoms with Crippen LogP contribution in [0.25, 0.3) is 11.1 Å². The number of fused-ring (bicyclic) bond motifs is 1. The lowest BCUT2D eigenvalue weighted by molar-refractivity contribution is 0.0378. The Morgan fingerprint density at radius 2 is 1.81 bits per heavy atom. The van der Waals surface area contributed by atoms with Crippen LogP contribution >= 0.6 is 0 Å². The molecule has 8 heteroatoms. The van der Waals surface area contributed by atoms with E-state index in [1.807, 2.05) is 42.5 Å². The third-order valence-electron chi connectivity index (χ3n) is 6.84. The summed E-state index contributed by atoms with van der Waals surface area (Å²) in [6.45, 7) is 5.94. The number of carbonyl (C=O) groups is 2. The van der Waals surface area contributed by atoms with Crippen LogP contribution in [0, 0.1) is 0 Å². The highest BCUT2D eigenvalue weighted by Gasteiger charge is 2.27. The molecule has 8 nitrogen and oxygen atoms in total. The van der Waals surface area contributed by atoms with Crippen LogP contribution < -0.4 is 20.7 Å². The molecule has 0 bridgehead atoms. The van der Waals surface area contributed by atoms with Crippen molar-refractivity contribution in [2.45, 2.75) is 13.0 Å². The number of amides is 2. The lowest BCUT2D eigenvalue weighted by atomic mass is 9.95. The molecule has 1 fully saturated rings. The maximum absolute atomic E-state index is 13.0. The van der Waals surface area contributed by atoms with Gasteiger partial charge in [0.25, 0.3) is 11.8 Å². The number of anilines is 2. The lowest BCUT2D eigenvalue weighted by Crippen LogP contribution is -2.37. The van der Waals surface area contributed by atoms with Crippen molar-refractivity contribution >= 4 is 23.2 Å². The van der Waals surface area contributed by atoms with Gasteiger partial charge in [0, 0.05) is 43.0 Å². The molecule has 5 rings (SSSR count). The number of carbonyl (C=O) groups excluding carboxylic acids is 2. The number of hydrogen-bond donors (Lipinski definition) is 3. The Morgan fingerprint density at radius 3 is 2.59 bits per heavy atom. The second kappa shape index (κ2) is 11.5. The van der Waals surface area contributed by atoms with Crippen LogP contribution in [-0.2, 0) is 11.3 Å². The number of rotatable bonds is 9. The molecule has 1 saturated heterocycles. The number of methoxy groups -OCH3 is 1. The molecule has 0 atom stereocenters. The van der Waals surface area contributed by atoms with Crippen molar-refractivity contribution in [1.82, 2.24) is 10.2 Å². The monoisotopic (exact) mass is 500 g/mol. The molecule has 0 saturated carbocycles. The fourth-order valence-corrected chi connectivity index (χ4v) is 4.87. The first-order chi connectivity index (χ1) is 18.1. The fourth-order valence-electron chi connectivity index (χ4n) is 4.87. The maximum Gasteiger partial charge on any atom is 0.255 e. The van der Waals surface area contributed by atoms with E-state index in [-0.39, 0.29) is 11.8 Å². The van der Waals surface area contributed by atoms with Gasteiger partial charge in [-0.05, 0) is 60.5 Å². The maximum atomic E-state index is 13.0. The summed E-state index contributed by atoms with van der Waals surface area (Å²) in [4.78, 5) is 28.1. The molecule has 2 aliphatic heterocycles. The number of nitrogens with zero attached hydrogens (tertiary/aromatic N) is 1. The Kier molecular flexibility index (Phi) is 7.67. The van der Waals surface area contributed by atoms with E-state index in [2.05, 4.69) is 20.9 Å². The van der Waals surface area contributed by atoms with Crippen LogP contribution in [-0.4, -0.2) is 63.2 Å². The molecule has 3 aromatic carbocycles. The zero-order valence-corrected chi connectivity index (χ0v) is 21.0. The van der Waals surface area contributed by atoms with E-state index in [1.165, 1.54) is 0 Å². The van der Waals surface area contributed by atoms with Crippen LogP contribution in [0.15, 0.2) is 60.7 Å². The SMILES string of the molecule is COc1ccccc1-c1ccc(NC(=O)c2ccc(NCCCN3CCOCC3)cc2)c2c1CNC2=O. The summed E-state index contributed by atoms with van der Waals surface area (Å²) in [7, 11) is 1.63. The van der Waals surface area contributed by atoms with Crippen molar-refractivity contribution in [2.24, 2.45) is 0 Å². The van der Waals surface area contributed by atoms with Gasteiger partial charge in [0.05, 0.1) is 31.6 Å². The van der Waals surface area contributed by atoms with Gasteiger partial charge in [0.15, 0.2) is 0 Å². The van der Waals surface area contributed by atoms with Crippen LogP contribution in [0.3, 0.4) is 0 Å². The van der Waals surface area contributed by atoms with E-state index in [4.69, 9.17) is 9.47 Å². The van der Waals surface area contributed by atoms with Crippen LogP contribution in [0.4, 0.5) is 11.4 Å². The smallest absolute Gasteiger partial charge is 0.255 e. The molecule has 37 heavy (non-hydrogen) atoms. The van der Waals surface area contributed by atoms with Gasteiger partial charge in [-0.25, -0.2) is 0 Å². The molecule has 192 valence electrons. The standard InChI is InChI=1S/C29H32N4O4/c1-36-26-6-3-2-5-23(26)22-11-12-25(27-24(22)19-31-29(27)35)32-28(34)20-7-9-21(10-8-20)30-13-4-14-33-15-17-37-18-16-33/h2-3,5-12,30H,4,13-19H2,1H3,(H,31,35)(H,32,34). The number of para-hydroxylation sites is 1. The van der Waals surface area contributed by atoms with Gasteiger partial charge in [-0.15, -0.1) is 0 Å². The summed E-state index contributed by atoms with van der Waals surface area (Å²) in [5.74, 6) is 0.278. The molecule has 0 aliphatic carbocycles. The number of benzene rings is 3. The summed E-state index contributed by atoms with van der Waals surface area (Å²) in [6, 6.07) is 18.8. The van der Waals surface area contributed by atoms with Gasteiger partial charge in [-0.3, -0.25) is 14.5 Å². The minimum Gasteiger partial charge on any atom is -0.496 e. The minimum atomic E-state index is -0.259. The number of nitrogens with one attached hydrogen (secondary N) is 3. The van der Waals surface area contributed by atoms with Gasteiger partial charge in [0.1, 0.15) is 5.75 Å². The topological polar surface area (TPSA) is 91.9 Å². The second-order valence-corrected chi connectivity index (χ2v) is 9.16. The predicted molar refractivity (Wildman–Crippen MR) is 144 cm³/mol. The average Bonchev–Trinajstić information content (AvgIpc) is 3.34. The normalized spacial score (nSPS) is 15.1. The van der Waals surface area contributed by atoms with E-state index in [9.17, 15) is 9.59 Å². The van der Waals surface area contributed by atoms with Crippen molar-refractivity contribution in [3.8, 4) is 16.9 Å². The first kappa shape index (κ1) is 24.8. The number of hydrogen-bond acceptors (Lipinski definition) is 6. The van der Waals surface area contributed by atoms with Crippen molar-refractivity contribution in [3.63, 3.8) is 0 Å². The summed E-state index contributed by atoms with van der Waals surface area (Å²) in [5.41, 5.74) is 5.16. The highest BCUT2D eigenvalue weighted by Crippen LogP contribution is 2.38. The molecular formula is C29H32N4O4. The van der Waals surface area contributed by atoms with Crippen LogP contribution in [0.1, 0.15) is 32.7 Å². The van der Waals surface area contributed by atoms with Gasteiger partial charge in [-0.1, -0.05) is 24.3 Å². The zero-order valence-electron chi connectivity index (χ0n) is 21.0. The Balaban J connectivity index is 1.24. The Morgan fingerprint density at radius 1 is 1.03 bits per heavy atom. The Labute approximate surface area is 217 Å². The fraction of sp³-hybridized carbons (Fsp3) is 0.310. The number of morpholine rings is 1. The summed E-state index contributed by atoms with van der Waals surface area (Å²) < 4.78 is 10.9. The number of ether oxygens (including phenoxy) is 2. The summed E-state index contributed by atoms with van der Waals surface area (Å²) in [5, 5.41) is 9.25. The average molecular weight is 501 g/mol. The van der Waals surface area contributed by atoms with Gasteiger partial charge in [0.2, 0.25) is 0 Å². The Bertz CT molecular complexity index is 1270. The van der Waals surface area contributed by atoms with E-state index in [1.54, 1.807) is 25.3 Å². The minimum absolute atomic E-state index is 0.196. The highest BCUT2D eigenvalue weighted by molar-refractivity contribution is 6.11. The largest absolute Gasteiger partial charge is 0.496 e. The van der Waals surface area contributed by atoms with Gasteiger partial charge in [-0.2, -0.15) is 0 Å². The third-order valence-corrected chi connectivity index (χ3v) is 6.84. The van der Waals surface area contributed by atoms with Crippen molar-refractivity contribution in [2.75, 3.05) is 57.1 Å². The summed E-state index contributed by atoms with van der Waals surface area (Å²) in [6.07, 6.45) is 1.04. The highest BCUT2D eigenvalue weighted by atomic mass is 16.5. The van der Waals surface area contributed by atoms with Crippen molar-refractivity contribution in [1.29, 1.82) is 0 Å². The zero-order chi connectivity index (χ0) is 25.6. The first-order valence-electron chi connectivity index (χ1n) is 12.7. The summed E-state index contributed by atoms with van der Waals surface area (Å²) >= 11 is 0.